The van der Waals surface area contributed by atoms with Crippen molar-refractivity contribution >= 4 is 6.09 Å². The molecule has 0 bridgehead atoms. The van der Waals surface area contributed by atoms with Gasteiger partial charge in [-0.05, 0) is 39.3 Å². The van der Waals surface area contributed by atoms with E-state index in [1.54, 1.807) is 0 Å². The Kier molecular flexibility index (Phi) is 6.25. The van der Waals surface area contributed by atoms with Gasteiger partial charge in [0.25, 0.3) is 0 Å². The minimum Gasteiger partial charge on any atom is -0.445 e. The standard InChI is InChI=1S/C18H28N2O2/c1-14(2)20(17-12-8-7-11-16(17)19-3)18(21)22-13-15-9-5-4-6-10-15/h4-6,9-10,14,16-17,19H,7-8,11-13H2,1-3H3/t16-,17+/m0/s1. The molecule has 1 amide bonds. The number of nitrogens with zero attached hydrogens (tertiary/aromatic N) is 1. The molecule has 0 aromatic heterocycles. The Bertz CT molecular complexity index is 461. The highest BCUT2D eigenvalue weighted by Gasteiger charge is 2.34. The van der Waals surface area contributed by atoms with E-state index >= 15 is 0 Å². The molecule has 4 nitrogen and oxygen atoms in total. The first-order valence-corrected chi connectivity index (χ1v) is 8.29. The van der Waals surface area contributed by atoms with Crippen molar-refractivity contribution in [2.75, 3.05) is 7.05 Å². The lowest BCUT2D eigenvalue weighted by Crippen LogP contribution is -2.55. The van der Waals surface area contributed by atoms with E-state index in [0.29, 0.717) is 12.6 Å². The number of ether oxygens (including phenoxy) is 1. The van der Waals surface area contributed by atoms with Gasteiger partial charge in [-0.2, -0.15) is 0 Å². The van der Waals surface area contributed by atoms with Crippen LogP contribution in [0.25, 0.3) is 0 Å². The molecule has 22 heavy (non-hydrogen) atoms. The van der Waals surface area contributed by atoms with Crippen LogP contribution >= 0.6 is 0 Å². The zero-order valence-electron chi connectivity index (χ0n) is 13.9. The van der Waals surface area contributed by atoms with Crippen LogP contribution in [-0.2, 0) is 11.3 Å². The summed E-state index contributed by atoms with van der Waals surface area (Å²) < 4.78 is 5.56. The third-order valence-corrected chi connectivity index (χ3v) is 4.43. The number of carbonyl (C=O) groups excluding carboxylic acids is 1. The van der Waals surface area contributed by atoms with Crippen molar-refractivity contribution in [1.29, 1.82) is 0 Å². The summed E-state index contributed by atoms with van der Waals surface area (Å²) in [5, 5.41) is 3.37. The van der Waals surface area contributed by atoms with Crippen LogP contribution in [0.4, 0.5) is 4.79 Å². The van der Waals surface area contributed by atoms with E-state index in [2.05, 4.69) is 19.2 Å². The van der Waals surface area contributed by atoms with Gasteiger partial charge in [-0.25, -0.2) is 4.79 Å². The summed E-state index contributed by atoms with van der Waals surface area (Å²) in [5.41, 5.74) is 1.02. The van der Waals surface area contributed by atoms with Crippen LogP contribution in [0.2, 0.25) is 0 Å². The third-order valence-electron chi connectivity index (χ3n) is 4.43. The SMILES string of the molecule is CN[C@H]1CCCC[C@H]1N(C(=O)OCc1ccccc1)C(C)C. The van der Waals surface area contributed by atoms with Crippen molar-refractivity contribution in [3.63, 3.8) is 0 Å². The van der Waals surface area contributed by atoms with Gasteiger partial charge < -0.3 is 15.0 Å². The van der Waals surface area contributed by atoms with E-state index in [9.17, 15) is 4.79 Å². The molecule has 1 aromatic carbocycles. The van der Waals surface area contributed by atoms with Crippen LogP contribution in [0.15, 0.2) is 30.3 Å². The molecule has 0 aliphatic heterocycles. The lowest BCUT2D eigenvalue weighted by atomic mass is 9.89. The topological polar surface area (TPSA) is 41.6 Å². The van der Waals surface area contributed by atoms with Crippen LogP contribution in [0.5, 0.6) is 0 Å². The second-order valence-electron chi connectivity index (χ2n) is 6.29. The van der Waals surface area contributed by atoms with Gasteiger partial charge in [-0.3, -0.25) is 0 Å². The van der Waals surface area contributed by atoms with Gasteiger partial charge >= 0.3 is 6.09 Å². The number of likely N-dealkylation sites (N-methyl/N-ethyl adjacent to an activating group) is 1. The molecule has 0 unspecified atom stereocenters. The zero-order valence-corrected chi connectivity index (χ0v) is 13.9. The fourth-order valence-corrected chi connectivity index (χ4v) is 3.30. The quantitative estimate of drug-likeness (QED) is 0.904. The average Bonchev–Trinajstić information content (AvgIpc) is 2.54. The summed E-state index contributed by atoms with van der Waals surface area (Å²) in [7, 11) is 1.98. The third kappa shape index (κ3) is 4.23. The zero-order chi connectivity index (χ0) is 15.9. The summed E-state index contributed by atoms with van der Waals surface area (Å²) in [6, 6.07) is 10.6. The summed E-state index contributed by atoms with van der Waals surface area (Å²) in [6.07, 6.45) is 4.37. The lowest BCUT2D eigenvalue weighted by Gasteiger charge is -2.41. The number of rotatable bonds is 5. The number of nitrogens with one attached hydrogen (secondary N) is 1. The van der Waals surface area contributed by atoms with E-state index in [1.165, 1.54) is 12.8 Å². The van der Waals surface area contributed by atoms with Gasteiger partial charge in [0.2, 0.25) is 0 Å². The first-order chi connectivity index (χ1) is 10.6. The van der Waals surface area contributed by atoms with Crippen LogP contribution in [0, 0.1) is 0 Å². The van der Waals surface area contributed by atoms with Crippen LogP contribution in [0.3, 0.4) is 0 Å². The molecule has 1 aliphatic carbocycles. The largest absolute Gasteiger partial charge is 0.445 e. The van der Waals surface area contributed by atoms with E-state index in [0.717, 1.165) is 18.4 Å². The first kappa shape index (κ1) is 16.8. The summed E-state index contributed by atoms with van der Waals surface area (Å²) >= 11 is 0. The van der Waals surface area contributed by atoms with Crippen molar-refractivity contribution in [2.45, 2.75) is 64.3 Å². The van der Waals surface area contributed by atoms with Gasteiger partial charge in [0.1, 0.15) is 6.61 Å². The number of carbonyl (C=O) groups is 1. The van der Waals surface area contributed by atoms with Gasteiger partial charge in [0.05, 0.1) is 6.04 Å². The molecule has 2 rings (SSSR count). The molecule has 0 heterocycles. The van der Waals surface area contributed by atoms with Crippen molar-refractivity contribution in [3.05, 3.63) is 35.9 Å². The van der Waals surface area contributed by atoms with E-state index in [-0.39, 0.29) is 18.2 Å². The Morgan fingerprint density at radius 1 is 1.27 bits per heavy atom. The van der Waals surface area contributed by atoms with Gasteiger partial charge in [0, 0.05) is 12.1 Å². The Hall–Kier alpha value is -1.55. The second-order valence-corrected chi connectivity index (χ2v) is 6.29. The number of amides is 1. The highest BCUT2D eigenvalue weighted by Crippen LogP contribution is 2.25. The summed E-state index contributed by atoms with van der Waals surface area (Å²) in [5.74, 6) is 0. The fourth-order valence-electron chi connectivity index (χ4n) is 3.30. The van der Waals surface area contributed by atoms with Crippen LogP contribution in [-0.4, -0.2) is 36.2 Å². The molecule has 1 aliphatic rings. The monoisotopic (exact) mass is 304 g/mol. The Morgan fingerprint density at radius 3 is 2.59 bits per heavy atom. The normalized spacial score (nSPS) is 21.6. The van der Waals surface area contributed by atoms with Gasteiger partial charge in [0.15, 0.2) is 0 Å². The molecule has 0 saturated heterocycles. The maximum atomic E-state index is 12.6. The van der Waals surface area contributed by atoms with Crippen LogP contribution in [0.1, 0.15) is 45.1 Å². The number of hydrogen-bond donors (Lipinski definition) is 1. The smallest absolute Gasteiger partial charge is 0.410 e. The van der Waals surface area contributed by atoms with Crippen molar-refractivity contribution in [1.82, 2.24) is 10.2 Å². The van der Waals surface area contributed by atoms with Crippen molar-refractivity contribution in [3.8, 4) is 0 Å². The van der Waals surface area contributed by atoms with E-state index in [1.807, 2.05) is 42.3 Å². The van der Waals surface area contributed by atoms with Crippen LogP contribution < -0.4 is 5.32 Å². The predicted octanol–water partition coefficient (Wildman–Crippen LogP) is 3.56. The van der Waals surface area contributed by atoms with E-state index in [4.69, 9.17) is 4.74 Å². The Labute approximate surface area is 133 Å². The number of benzene rings is 1. The summed E-state index contributed by atoms with van der Waals surface area (Å²) in [4.78, 5) is 14.5. The average molecular weight is 304 g/mol. The Morgan fingerprint density at radius 2 is 1.95 bits per heavy atom. The molecule has 0 spiro atoms. The van der Waals surface area contributed by atoms with Crippen molar-refractivity contribution < 1.29 is 9.53 Å². The second kappa shape index (κ2) is 8.18. The summed E-state index contributed by atoms with van der Waals surface area (Å²) in [6.45, 7) is 4.45. The molecule has 122 valence electrons. The Balaban J connectivity index is 2.01. The molecular formula is C18H28N2O2. The minimum absolute atomic E-state index is 0.141. The minimum atomic E-state index is -0.203. The van der Waals surface area contributed by atoms with Crippen molar-refractivity contribution in [2.24, 2.45) is 0 Å². The maximum Gasteiger partial charge on any atom is 0.410 e. The van der Waals surface area contributed by atoms with E-state index < -0.39 is 0 Å². The first-order valence-electron chi connectivity index (χ1n) is 8.29. The highest BCUT2D eigenvalue weighted by atomic mass is 16.6. The highest BCUT2D eigenvalue weighted by molar-refractivity contribution is 5.68. The molecule has 4 heteroatoms. The molecule has 1 fully saturated rings. The molecule has 1 N–H and O–H groups in total. The number of hydrogen-bond acceptors (Lipinski definition) is 3. The van der Waals surface area contributed by atoms with Gasteiger partial charge in [-0.15, -0.1) is 0 Å². The molecule has 1 saturated carbocycles. The fraction of sp³-hybridized carbons (Fsp3) is 0.611. The maximum absolute atomic E-state index is 12.6. The van der Waals surface area contributed by atoms with Gasteiger partial charge in [-0.1, -0.05) is 43.2 Å². The molecule has 2 atom stereocenters. The predicted molar refractivity (Wildman–Crippen MR) is 88.7 cm³/mol. The molecule has 1 aromatic rings. The lowest BCUT2D eigenvalue weighted by molar-refractivity contribution is 0.0487. The molecular weight excluding hydrogens is 276 g/mol. The molecule has 0 radical (unpaired) electrons.